The standard InChI is InChI=1S/C56H74F3N11O6S/c1-33(2)48(67-16-13-55(29-67)14-17-68(30-55)51(72)43-27-60-43)50(71)63-42-24-46-62-44(28-77-46)35-9-12-45-38(22-35)40(25-54(4,5)32-76-53(74)41-8-7-15-70(64-41)52(42)73)49(69(45)31-56(57,58)59)39-23-37(26-61-47(39)34(3)75-6)66-20-18-65(19-21-66)36-10-11-36/h9,12,22-23,26,28,33-34,36,41-43,48,60,64H,7-8,10-11,13-21,24-25,27,29-32H2,1-6H3,(H,63,71)/t34-,41-,42-,43+,48?,55-/m0/s1. The number of amides is 3. The van der Waals surface area contributed by atoms with Gasteiger partial charge in [-0.15, -0.1) is 11.3 Å². The van der Waals surface area contributed by atoms with E-state index in [0.717, 1.165) is 44.7 Å². The number of rotatable bonds is 11. The Hall–Kier alpha value is -5.19. The number of halogens is 3. The van der Waals surface area contributed by atoms with E-state index in [2.05, 4.69) is 30.8 Å². The maximum Gasteiger partial charge on any atom is 0.406 e. The molecular weight excluding hydrogens is 1010 g/mol. The van der Waals surface area contributed by atoms with Gasteiger partial charge in [-0.1, -0.05) is 33.8 Å². The number of carbonyl (C=O) groups is 4. The third kappa shape index (κ3) is 11.4. The first-order chi connectivity index (χ1) is 36.8. The zero-order valence-corrected chi connectivity index (χ0v) is 46.0. The Balaban J connectivity index is 0.960. The zero-order valence-electron chi connectivity index (χ0n) is 45.2. The molecule has 3 amide bonds. The van der Waals surface area contributed by atoms with Crippen LogP contribution in [0.3, 0.4) is 0 Å². The number of carbonyl (C=O) groups excluding carboxylic acids is 4. The fraction of sp³-hybridized carbons (Fsp3) is 0.643. The summed E-state index contributed by atoms with van der Waals surface area (Å²) in [5, 5.41) is 10.8. The van der Waals surface area contributed by atoms with Gasteiger partial charge >= 0.3 is 12.1 Å². The number of ether oxygens (including phenoxy) is 2. The van der Waals surface area contributed by atoms with E-state index >= 15 is 13.2 Å². The number of likely N-dealkylation sites (tertiary alicyclic amines) is 2. The van der Waals surface area contributed by atoms with Gasteiger partial charge in [0, 0.05) is 117 Å². The predicted octanol–water partition coefficient (Wildman–Crippen LogP) is 5.95. The molecule has 1 saturated carbocycles. The molecule has 6 fully saturated rings. The van der Waals surface area contributed by atoms with Crippen LogP contribution in [0.2, 0.25) is 0 Å². The molecule has 1 aromatic carbocycles. The van der Waals surface area contributed by atoms with Crippen molar-refractivity contribution in [3.05, 3.63) is 52.1 Å². The topological polar surface area (TPSA) is 180 Å². The maximum absolute atomic E-state index is 15.1. The molecule has 1 aliphatic carbocycles. The van der Waals surface area contributed by atoms with E-state index in [4.69, 9.17) is 19.4 Å². The molecule has 6 aliphatic heterocycles. The minimum Gasteiger partial charge on any atom is -0.464 e. The lowest BCUT2D eigenvalue weighted by atomic mass is 9.84. The van der Waals surface area contributed by atoms with Gasteiger partial charge in [0.2, 0.25) is 11.8 Å². The van der Waals surface area contributed by atoms with Gasteiger partial charge in [-0.2, -0.15) is 13.2 Å². The van der Waals surface area contributed by atoms with Crippen LogP contribution in [-0.4, -0.2) is 173 Å². The van der Waals surface area contributed by atoms with E-state index in [1.807, 2.05) is 63.2 Å². The predicted molar refractivity (Wildman–Crippen MR) is 287 cm³/mol. The monoisotopic (exact) mass is 1090 g/mol. The van der Waals surface area contributed by atoms with Crippen molar-refractivity contribution in [1.82, 2.24) is 50.3 Å². The van der Waals surface area contributed by atoms with Gasteiger partial charge in [0.15, 0.2) is 0 Å². The number of benzene rings is 1. The van der Waals surface area contributed by atoms with E-state index in [1.54, 1.807) is 19.2 Å². The SMILES string of the molecule is CO[C@@H](C)c1ncc(N2CCN(C3CC3)CC2)cc1-c1c2c3cc(ccc3n1CC(F)(F)F)-c1csc(n1)C[C@H](NC(=O)C(C(C)C)N1CC[C@]3(CCN(C(=O)[C@H]4CN4)C3)C1)C(=O)N1CCC[C@H](N1)C(=O)OCC(C)(C)C2. The van der Waals surface area contributed by atoms with Crippen molar-refractivity contribution < 1.29 is 41.8 Å². The first-order valence-electron chi connectivity index (χ1n) is 27.8. The third-order valence-corrected chi connectivity index (χ3v) is 18.1. The lowest BCUT2D eigenvalue weighted by Gasteiger charge is -2.37. The first kappa shape index (κ1) is 53.8. The van der Waals surface area contributed by atoms with Crippen LogP contribution in [0.15, 0.2) is 35.8 Å². The summed E-state index contributed by atoms with van der Waals surface area (Å²) in [5.41, 5.74) is 6.78. The Bertz CT molecular complexity index is 2890. The molecule has 17 nitrogen and oxygen atoms in total. The number of methoxy groups -OCH3 is 1. The highest BCUT2D eigenvalue weighted by Crippen LogP contribution is 2.45. The van der Waals surface area contributed by atoms with Crippen LogP contribution in [0.4, 0.5) is 18.9 Å². The summed E-state index contributed by atoms with van der Waals surface area (Å²) in [7, 11) is 1.57. The van der Waals surface area contributed by atoms with E-state index in [1.165, 1.54) is 33.8 Å². The molecule has 5 saturated heterocycles. The number of alkyl halides is 3. The number of cyclic esters (lactones) is 1. The zero-order chi connectivity index (χ0) is 54.1. The minimum absolute atomic E-state index is 0.0524. The molecular formula is C56H74F3N11O6S. The molecule has 6 bridgehead atoms. The normalized spacial score (nSPS) is 26.4. The second kappa shape index (κ2) is 21.1. The van der Waals surface area contributed by atoms with Crippen LogP contribution in [0.25, 0.3) is 33.4 Å². The Labute approximate surface area is 452 Å². The molecule has 7 aliphatic rings. The molecule has 416 valence electrons. The van der Waals surface area contributed by atoms with Gasteiger partial charge in [-0.3, -0.25) is 39.0 Å². The second-order valence-electron chi connectivity index (χ2n) is 24.1. The third-order valence-electron chi connectivity index (χ3n) is 17.2. The van der Waals surface area contributed by atoms with Gasteiger partial charge in [-0.05, 0) is 88.1 Å². The number of fused-ring (bicyclic) bond motifs is 6. The Kier molecular flexibility index (Phi) is 14.8. The fourth-order valence-electron chi connectivity index (χ4n) is 12.8. The number of esters is 1. The smallest absolute Gasteiger partial charge is 0.406 e. The van der Waals surface area contributed by atoms with Gasteiger partial charge in [0.25, 0.3) is 5.91 Å². The second-order valence-corrected chi connectivity index (χ2v) is 25.0. The molecule has 3 N–H and O–H groups in total. The van der Waals surface area contributed by atoms with E-state index in [9.17, 15) is 19.2 Å². The molecule has 1 spiro atoms. The van der Waals surface area contributed by atoms with Gasteiger partial charge in [0.05, 0.1) is 58.8 Å². The molecule has 0 radical (unpaired) electrons. The van der Waals surface area contributed by atoms with Crippen molar-refractivity contribution in [3.63, 3.8) is 0 Å². The summed E-state index contributed by atoms with van der Waals surface area (Å²) in [5.74, 6) is -1.20. The van der Waals surface area contributed by atoms with Crippen LogP contribution in [0, 0.1) is 16.7 Å². The summed E-state index contributed by atoms with van der Waals surface area (Å²) < 4.78 is 58.8. The van der Waals surface area contributed by atoms with Crippen LogP contribution < -0.4 is 21.0 Å². The Morgan fingerprint density at radius 1 is 1.00 bits per heavy atom. The van der Waals surface area contributed by atoms with E-state index < -0.39 is 54.2 Å². The van der Waals surface area contributed by atoms with Crippen molar-refractivity contribution in [2.75, 3.05) is 84.1 Å². The van der Waals surface area contributed by atoms with Crippen LogP contribution in [0.5, 0.6) is 0 Å². The molecule has 9 heterocycles. The lowest BCUT2D eigenvalue weighted by Crippen LogP contribution is -2.62. The maximum atomic E-state index is 15.1. The first-order valence-corrected chi connectivity index (χ1v) is 28.6. The Morgan fingerprint density at radius 3 is 2.48 bits per heavy atom. The number of nitrogens with zero attached hydrogens (tertiary/aromatic N) is 8. The number of thiazole rings is 1. The largest absolute Gasteiger partial charge is 0.464 e. The molecule has 77 heavy (non-hydrogen) atoms. The number of hydrazine groups is 1. The minimum atomic E-state index is -4.60. The molecule has 1 unspecified atom stereocenters. The summed E-state index contributed by atoms with van der Waals surface area (Å²) >= 11 is 1.34. The van der Waals surface area contributed by atoms with Crippen molar-refractivity contribution in [3.8, 4) is 22.5 Å². The average Bonchev–Trinajstić information content (AvgIpc) is 4.30. The lowest BCUT2D eigenvalue weighted by molar-refractivity contribution is -0.155. The quantitative estimate of drug-likeness (QED) is 0.119. The van der Waals surface area contributed by atoms with Gasteiger partial charge < -0.3 is 34.5 Å². The number of anilines is 1. The van der Waals surface area contributed by atoms with Crippen LogP contribution in [-0.2, 0) is 48.0 Å². The number of pyridine rings is 1. The number of piperazine rings is 1. The Morgan fingerprint density at radius 2 is 1.77 bits per heavy atom. The number of hydrogen-bond acceptors (Lipinski definition) is 14. The number of aromatic nitrogens is 3. The highest BCUT2D eigenvalue weighted by atomic mass is 32.1. The summed E-state index contributed by atoms with van der Waals surface area (Å²) in [6, 6.07) is 5.46. The van der Waals surface area contributed by atoms with Gasteiger partial charge in [-0.25, -0.2) is 10.4 Å². The summed E-state index contributed by atoms with van der Waals surface area (Å²) in [6.07, 6.45) is 1.98. The highest BCUT2D eigenvalue weighted by molar-refractivity contribution is 7.10. The molecule has 6 atom stereocenters. The molecule has 4 aromatic rings. The number of hydrogen-bond donors (Lipinski definition) is 3. The van der Waals surface area contributed by atoms with Crippen molar-refractivity contribution in [2.24, 2.45) is 16.7 Å². The number of nitrogens with one attached hydrogen (secondary N) is 3. The van der Waals surface area contributed by atoms with Crippen molar-refractivity contribution in [1.29, 1.82) is 0 Å². The molecule has 3 aromatic heterocycles. The highest BCUT2D eigenvalue weighted by Gasteiger charge is 2.50. The molecule has 11 rings (SSSR count). The van der Waals surface area contributed by atoms with Crippen LogP contribution in [0.1, 0.15) is 95.5 Å². The van der Waals surface area contributed by atoms with Crippen LogP contribution >= 0.6 is 11.3 Å². The summed E-state index contributed by atoms with van der Waals surface area (Å²) in [6.45, 7) is 15.5. The van der Waals surface area contributed by atoms with E-state index in [-0.39, 0.29) is 48.6 Å². The van der Waals surface area contributed by atoms with Gasteiger partial charge in [0.1, 0.15) is 18.6 Å². The average molecular weight is 1090 g/mol. The fourth-order valence-corrected chi connectivity index (χ4v) is 13.7. The summed E-state index contributed by atoms with van der Waals surface area (Å²) in [4.78, 5) is 75.8. The molecule has 21 heteroatoms. The van der Waals surface area contributed by atoms with E-state index in [0.29, 0.717) is 108 Å². The van der Waals surface area contributed by atoms with Crippen molar-refractivity contribution in [2.45, 2.75) is 135 Å². The van der Waals surface area contributed by atoms with Crippen molar-refractivity contribution >= 4 is 51.6 Å².